The van der Waals surface area contributed by atoms with Crippen LogP contribution < -0.4 is 5.32 Å². The molecule has 118 valence electrons. The maximum absolute atomic E-state index is 12.0. The highest BCUT2D eigenvalue weighted by Gasteiger charge is 2.21. The van der Waals surface area contributed by atoms with Gasteiger partial charge in [0.15, 0.2) is 0 Å². The number of hydrogen-bond donors (Lipinski definition) is 1. The number of carbonyl (C=O) groups excluding carboxylic acids is 1. The van der Waals surface area contributed by atoms with Crippen molar-refractivity contribution in [3.05, 3.63) is 53.8 Å². The summed E-state index contributed by atoms with van der Waals surface area (Å²) in [7, 11) is 0. The van der Waals surface area contributed by atoms with Gasteiger partial charge in [-0.15, -0.1) is 0 Å². The Balaban J connectivity index is 1.85. The number of nitrogens with one attached hydrogen (secondary N) is 1. The van der Waals surface area contributed by atoms with Gasteiger partial charge in [0.05, 0.1) is 10.7 Å². The predicted octanol–water partition coefficient (Wildman–Crippen LogP) is 4.64. The SMILES string of the molecule is CC(C)(C)C(=O)Nc1ccc(-c2cn3cc(Cl)ccc3n2)cc1. The fourth-order valence-electron chi connectivity index (χ4n) is 2.15. The second kappa shape index (κ2) is 5.70. The fourth-order valence-corrected chi connectivity index (χ4v) is 2.31. The smallest absolute Gasteiger partial charge is 0.229 e. The molecule has 0 saturated heterocycles. The highest BCUT2D eigenvalue weighted by atomic mass is 35.5. The van der Waals surface area contributed by atoms with Gasteiger partial charge in [0.2, 0.25) is 5.91 Å². The minimum absolute atomic E-state index is 0.00683. The molecule has 0 saturated carbocycles. The third kappa shape index (κ3) is 3.37. The van der Waals surface area contributed by atoms with E-state index in [2.05, 4.69) is 10.3 Å². The van der Waals surface area contributed by atoms with Crippen LogP contribution in [-0.2, 0) is 4.79 Å². The van der Waals surface area contributed by atoms with Gasteiger partial charge in [0, 0.05) is 29.1 Å². The van der Waals surface area contributed by atoms with Gasteiger partial charge >= 0.3 is 0 Å². The molecule has 5 heteroatoms. The molecule has 1 N–H and O–H groups in total. The molecule has 0 radical (unpaired) electrons. The van der Waals surface area contributed by atoms with Crippen LogP contribution in [0.25, 0.3) is 16.9 Å². The molecule has 1 amide bonds. The summed E-state index contributed by atoms with van der Waals surface area (Å²) in [4.78, 5) is 16.6. The zero-order valence-electron chi connectivity index (χ0n) is 13.3. The molecular weight excluding hydrogens is 310 g/mol. The molecule has 0 atom stereocenters. The van der Waals surface area contributed by atoms with Gasteiger partial charge in [0.1, 0.15) is 5.65 Å². The second-order valence-electron chi connectivity index (χ2n) is 6.52. The van der Waals surface area contributed by atoms with E-state index in [1.54, 1.807) is 0 Å². The first kappa shape index (κ1) is 15.6. The Labute approximate surface area is 140 Å². The van der Waals surface area contributed by atoms with Crippen molar-refractivity contribution in [3.8, 4) is 11.3 Å². The van der Waals surface area contributed by atoms with Crippen molar-refractivity contribution in [3.63, 3.8) is 0 Å². The third-order valence-corrected chi connectivity index (χ3v) is 3.76. The van der Waals surface area contributed by atoms with Crippen molar-refractivity contribution < 1.29 is 4.79 Å². The minimum atomic E-state index is -0.417. The second-order valence-corrected chi connectivity index (χ2v) is 6.96. The van der Waals surface area contributed by atoms with Gasteiger partial charge in [-0.2, -0.15) is 0 Å². The van der Waals surface area contributed by atoms with Crippen molar-refractivity contribution in [2.75, 3.05) is 5.32 Å². The number of fused-ring (bicyclic) bond motifs is 1. The van der Waals surface area contributed by atoms with Crippen LogP contribution in [-0.4, -0.2) is 15.3 Å². The highest BCUT2D eigenvalue weighted by Crippen LogP contribution is 2.23. The van der Waals surface area contributed by atoms with E-state index in [1.807, 2.05) is 74.0 Å². The van der Waals surface area contributed by atoms with Crippen LogP contribution >= 0.6 is 11.6 Å². The summed E-state index contributed by atoms with van der Waals surface area (Å²) in [6.45, 7) is 5.66. The number of halogens is 1. The van der Waals surface area contributed by atoms with E-state index in [-0.39, 0.29) is 5.91 Å². The van der Waals surface area contributed by atoms with Crippen molar-refractivity contribution in [1.29, 1.82) is 0 Å². The number of pyridine rings is 1. The van der Waals surface area contributed by atoms with E-state index in [4.69, 9.17) is 11.6 Å². The minimum Gasteiger partial charge on any atom is -0.326 e. The molecule has 2 aromatic heterocycles. The number of benzene rings is 1. The average Bonchev–Trinajstić information content (AvgIpc) is 2.90. The average molecular weight is 328 g/mol. The number of imidazole rings is 1. The summed E-state index contributed by atoms with van der Waals surface area (Å²) in [5.74, 6) is -0.00683. The molecule has 0 aliphatic rings. The Morgan fingerprint density at radius 1 is 1.09 bits per heavy atom. The first-order valence-electron chi connectivity index (χ1n) is 7.39. The van der Waals surface area contributed by atoms with Crippen LogP contribution in [0.2, 0.25) is 5.02 Å². The van der Waals surface area contributed by atoms with E-state index < -0.39 is 5.41 Å². The van der Waals surface area contributed by atoms with Crippen LogP contribution in [0.3, 0.4) is 0 Å². The molecule has 1 aromatic carbocycles. The Morgan fingerprint density at radius 3 is 2.43 bits per heavy atom. The Hall–Kier alpha value is -2.33. The van der Waals surface area contributed by atoms with Crippen LogP contribution in [0.5, 0.6) is 0 Å². The summed E-state index contributed by atoms with van der Waals surface area (Å²) in [6.07, 6.45) is 3.76. The van der Waals surface area contributed by atoms with Crippen molar-refractivity contribution in [2.45, 2.75) is 20.8 Å². The van der Waals surface area contributed by atoms with Gasteiger partial charge in [-0.05, 0) is 24.3 Å². The Kier molecular flexibility index (Phi) is 3.86. The van der Waals surface area contributed by atoms with E-state index in [9.17, 15) is 4.79 Å². The third-order valence-electron chi connectivity index (χ3n) is 3.53. The maximum atomic E-state index is 12.0. The molecule has 23 heavy (non-hydrogen) atoms. The standard InChI is InChI=1S/C18H18ClN3O/c1-18(2,3)17(23)20-14-7-4-12(5-8-14)15-11-22-10-13(19)6-9-16(22)21-15/h4-11H,1-3H3,(H,20,23). The van der Waals surface area contributed by atoms with E-state index in [0.717, 1.165) is 22.6 Å². The molecule has 4 nitrogen and oxygen atoms in total. The van der Waals surface area contributed by atoms with E-state index in [0.29, 0.717) is 5.02 Å². The summed E-state index contributed by atoms with van der Waals surface area (Å²) in [5.41, 5.74) is 3.05. The molecule has 3 aromatic rings. The zero-order chi connectivity index (χ0) is 16.6. The summed E-state index contributed by atoms with van der Waals surface area (Å²) < 4.78 is 1.90. The predicted molar refractivity (Wildman–Crippen MR) is 93.7 cm³/mol. The number of amides is 1. The van der Waals surface area contributed by atoms with Crippen molar-refractivity contribution in [1.82, 2.24) is 9.38 Å². The van der Waals surface area contributed by atoms with Crippen LogP contribution in [0, 0.1) is 5.41 Å². The molecular formula is C18H18ClN3O. The molecule has 0 unspecified atom stereocenters. The van der Waals surface area contributed by atoms with Gasteiger partial charge < -0.3 is 9.72 Å². The summed E-state index contributed by atoms with van der Waals surface area (Å²) in [6, 6.07) is 11.4. The lowest BCUT2D eigenvalue weighted by molar-refractivity contribution is -0.123. The molecule has 3 rings (SSSR count). The molecule has 2 heterocycles. The van der Waals surface area contributed by atoms with Gasteiger partial charge in [-0.1, -0.05) is 44.5 Å². The molecule has 0 fully saturated rings. The van der Waals surface area contributed by atoms with E-state index in [1.165, 1.54) is 0 Å². The van der Waals surface area contributed by atoms with E-state index >= 15 is 0 Å². The van der Waals surface area contributed by atoms with Crippen LogP contribution in [0.4, 0.5) is 5.69 Å². The lowest BCUT2D eigenvalue weighted by atomic mass is 9.95. The fraction of sp³-hybridized carbons (Fsp3) is 0.222. The number of aromatic nitrogens is 2. The Bertz CT molecular complexity index is 860. The van der Waals surface area contributed by atoms with Gasteiger partial charge in [-0.3, -0.25) is 4.79 Å². The normalized spacial score (nSPS) is 11.7. The van der Waals surface area contributed by atoms with Gasteiger partial charge in [-0.25, -0.2) is 4.98 Å². The highest BCUT2D eigenvalue weighted by molar-refractivity contribution is 6.30. The first-order chi connectivity index (χ1) is 10.8. The number of rotatable bonds is 2. The first-order valence-corrected chi connectivity index (χ1v) is 7.77. The monoisotopic (exact) mass is 327 g/mol. The quantitative estimate of drug-likeness (QED) is 0.745. The number of anilines is 1. The lowest BCUT2D eigenvalue weighted by Gasteiger charge is -2.17. The van der Waals surface area contributed by atoms with Crippen LogP contribution in [0.15, 0.2) is 48.8 Å². The largest absolute Gasteiger partial charge is 0.326 e. The summed E-state index contributed by atoms with van der Waals surface area (Å²) in [5, 5.41) is 3.58. The molecule has 0 spiro atoms. The number of hydrogen-bond acceptors (Lipinski definition) is 2. The molecule has 0 bridgehead atoms. The van der Waals surface area contributed by atoms with Gasteiger partial charge in [0.25, 0.3) is 0 Å². The topological polar surface area (TPSA) is 46.4 Å². The maximum Gasteiger partial charge on any atom is 0.229 e. The van der Waals surface area contributed by atoms with Crippen molar-refractivity contribution >= 4 is 28.8 Å². The van der Waals surface area contributed by atoms with Crippen LogP contribution in [0.1, 0.15) is 20.8 Å². The Morgan fingerprint density at radius 2 is 1.78 bits per heavy atom. The molecule has 0 aliphatic carbocycles. The van der Waals surface area contributed by atoms with Crippen molar-refractivity contribution in [2.24, 2.45) is 5.41 Å². The number of carbonyl (C=O) groups is 1. The molecule has 0 aliphatic heterocycles. The lowest BCUT2D eigenvalue weighted by Crippen LogP contribution is -2.27. The zero-order valence-corrected chi connectivity index (χ0v) is 14.1. The summed E-state index contributed by atoms with van der Waals surface area (Å²) >= 11 is 5.99. The number of nitrogens with zero attached hydrogens (tertiary/aromatic N) is 2.